The number of carbonyl (C=O) groups excluding carboxylic acids is 3. The summed E-state index contributed by atoms with van der Waals surface area (Å²) in [7, 11) is 1.58. The lowest BCUT2D eigenvalue weighted by atomic mass is 9.87. The Bertz CT molecular complexity index is 969. The van der Waals surface area contributed by atoms with Crippen molar-refractivity contribution in [2.75, 3.05) is 20.3 Å². The monoisotopic (exact) mass is 392 g/mol. The molecule has 2 aromatic carbocycles. The molecule has 3 amide bonds. The van der Waals surface area contributed by atoms with E-state index in [4.69, 9.17) is 4.74 Å². The van der Waals surface area contributed by atoms with E-state index in [1.165, 1.54) is 16.5 Å². The van der Waals surface area contributed by atoms with Crippen molar-refractivity contribution in [3.8, 4) is 0 Å². The first-order valence-electron chi connectivity index (χ1n) is 9.98. The van der Waals surface area contributed by atoms with Crippen molar-refractivity contribution in [1.82, 2.24) is 10.2 Å². The molecule has 2 aliphatic rings. The van der Waals surface area contributed by atoms with Crippen LogP contribution in [0.15, 0.2) is 42.5 Å². The summed E-state index contributed by atoms with van der Waals surface area (Å²) in [5, 5.41) is 3.10. The van der Waals surface area contributed by atoms with E-state index in [-0.39, 0.29) is 23.8 Å². The van der Waals surface area contributed by atoms with Gasteiger partial charge in [-0.05, 0) is 55.0 Å². The van der Waals surface area contributed by atoms with Crippen LogP contribution in [-0.2, 0) is 11.2 Å². The second kappa shape index (κ2) is 8.17. The number of amides is 3. The molecule has 6 nitrogen and oxygen atoms in total. The van der Waals surface area contributed by atoms with Gasteiger partial charge < -0.3 is 10.1 Å². The molecule has 0 unspecified atom stereocenters. The SMILES string of the molecule is COCCCN1C(=O)c2ccc(C(=O)N[C@H]3CCCc4ccccc43)cc2C1=O. The summed E-state index contributed by atoms with van der Waals surface area (Å²) in [5.74, 6) is -0.888. The minimum atomic E-state index is -0.348. The topological polar surface area (TPSA) is 75.7 Å². The normalized spacial score (nSPS) is 17.8. The van der Waals surface area contributed by atoms with Crippen LogP contribution in [0.3, 0.4) is 0 Å². The Morgan fingerprint density at radius 1 is 1.14 bits per heavy atom. The van der Waals surface area contributed by atoms with Crippen molar-refractivity contribution >= 4 is 17.7 Å². The zero-order chi connectivity index (χ0) is 20.4. The number of imide groups is 1. The molecule has 2 aromatic rings. The van der Waals surface area contributed by atoms with Crippen molar-refractivity contribution in [2.24, 2.45) is 0 Å². The third-order valence-electron chi connectivity index (χ3n) is 5.64. The van der Waals surface area contributed by atoms with Crippen LogP contribution in [0, 0.1) is 0 Å². The van der Waals surface area contributed by atoms with Crippen LogP contribution in [-0.4, -0.2) is 42.9 Å². The molecule has 6 heteroatoms. The molecular weight excluding hydrogens is 368 g/mol. The molecular formula is C23H24N2O4. The molecule has 0 spiro atoms. The van der Waals surface area contributed by atoms with E-state index in [0.717, 1.165) is 24.8 Å². The van der Waals surface area contributed by atoms with Crippen LogP contribution in [0.25, 0.3) is 0 Å². The quantitative estimate of drug-likeness (QED) is 0.605. The highest BCUT2D eigenvalue weighted by atomic mass is 16.5. The Balaban J connectivity index is 1.51. The van der Waals surface area contributed by atoms with Gasteiger partial charge in [0, 0.05) is 25.8 Å². The summed E-state index contributed by atoms with van der Waals surface area (Å²) >= 11 is 0. The maximum atomic E-state index is 12.9. The van der Waals surface area contributed by atoms with Gasteiger partial charge in [0.15, 0.2) is 0 Å². The van der Waals surface area contributed by atoms with Gasteiger partial charge in [0.2, 0.25) is 0 Å². The molecule has 0 aromatic heterocycles. The fourth-order valence-corrected chi connectivity index (χ4v) is 4.15. The molecule has 0 saturated heterocycles. The molecule has 4 rings (SSSR count). The molecule has 0 saturated carbocycles. The number of nitrogens with one attached hydrogen (secondary N) is 1. The van der Waals surface area contributed by atoms with Gasteiger partial charge in [0.05, 0.1) is 17.2 Å². The predicted molar refractivity (Wildman–Crippen MR) is 108 cm³/mol. The number of fused-ring (bicyclic) bond motifs is 2. The minimum absolute atomic E-state index is 0.0384. The second-order valence-corrected chi connectivity index (χ2v) is 7.49. The van der Waals surface area contributed by atoms with Gasteiger partial charge in [0.1, 0.15) is 0 Å². The number of rotatable bonds is 6. The number of aryl methyl sites for hydroxylation is 1. The smallest absolute Gasteiger partial charge is 0.261 e. The number of methoxy groups -OCH3 is 1. The number of benzene rings is 2. The second-order valence-electron chi connectivity index (χ2n) is 7.49. The zero-order valence-corrected chi connectivity index (χ0v) is 16.4. The first-order valence-corrected chi connectivity index (χ1v) is 9.98. The van der Waals surface area contributed by atoms with Crippen LogP contribution in [0.5, 0.6) is 0 Å². The summed E-state index contributed by atoms with van der Waals surface area (Å²) in [4.78, 5) is 39.3. The zero-order valence-electron chi connectivity index (χ0n) is 16.4. The van der Waals surface area contributed by atoms with E-state index in [1.807, 2.05) is 12.1 Å². The maximum absolute atomic E-state index is 12.9. The van der Waals surface area contributed by atoms with Gasteiger partial charge in [-0.25, -0.2) is 0 Å². The van der Waals surface area contributed by atoms with Gasteiger partial charge in [-0.1, -0.05) is 24.3 Å². The Morgan fingerprint density at radius 3 is 2.76 bits per heavy atom. The van der Waals surface area contributed by atoms with Gasteiger partial charge in [-0.3, -0.25) is 19.3 Å². The molecule has 1 N–H and O–H groups in total. The van der Waals surface area contributed by atoms with Crippen molar-refractivity contribution < 1.29 is 19.1 Å². The van der Waals surface area contributed by atoms with Crippen LogP contribution in [0.1, 0.15) is 67.5 Å². The highest BCUT2D eigenvalue weighted by molar-refractivity contribution is 6.22. The Hall–Kier alpha value is -2.99. The number of nitrogens with zero attached hydrogens (tertiary/aromatic N) is 1. The Kier molecular flexibility index (Phi) is 5.45. The third kappa shape index (κ3) is 3.68. The molecule has 1 aliphatic heterocycles. The molecule has 0 fully saturated rings. The molecule has 1 heterocycles. The average Bonchev–Trinajstić information content (AvgIpc) is 2.98. The van der Waals surface area contributed by atoms with E-state index in [0.29, 0.717) is 36.3 Å². The molecule has 150 valence electrons. The Morgan fingerprint density at radius 2 is 1.93 bits per heavy atom. The molecule has 1 aliphatic carbocycles. The van der Waals surface area contributed by atoms with E-state index < -0.39 is 0 Å². The molecule has 1 atom stereocenters. The highest BCUT2D eigenvalue weighted by Gasteiger charge is 2.35. The largest absolute Gasteiger partial charge is 0.385 e. The number of carbonyl (C=O) groups is 3. The van der Waals surface area contributed by atoms with Crippen LogP contribution < -0.4 is 5.32 Å². The van der Waals surface area contributed by atoms with E-state index in [2.05, 4.69) is 17.4 Å². The van der Waals surface area contributed by atoms with Crippen molar-refractivity contribution in [2.45, 2.75) is 31.7 Å². The van der Waals surface area contributed by atoms with E-state index in [9.17, 15) is 14.4 Å². The first-order chi connectivity index (χ1) is 14.1. The molecule has 0 bridgehead atoms. The van der Waals surface area contributed by atoms with Crippen LogP contribution in [0.4, 0.5) is 0 Å². The van der Waals surface area contributed by atoms with Crippen molar-refractivity contribution in [3.05, 3.63) is 70.3 Å². The lowest BCUT2D eigenvalue weighted by molar-refractivity contribution is 0.0638. The number of hydrogen-bond donors (Lipinski definition) is 1. The maximum Gasteiger partial charge on any atom is 0.261 e. The molecule has 0 radical (unpaired) electrons. The van der Waals surface area contributed by atoms with Gasteiger partial charge in [-0.15, -0.1) is 0 Å². The van der Waals surface area contributed by atoms with Gasteiger partial charge in [-0.2, -0.15) is 0 Å². The van der Waals surface area contributed by atoms with Crippen LogP contribution >= 0.6 is 0 Å². The summed E-state index contributed by atoms with van der Waals surface area (Å²) in [5.41, 5.74) is 3.47. The minimum Gasteiger partial charge on any atom is -0.385 e. The summed E-state index contributed by atoms with van der Waals surface area (Å²) in [6.45, 7) is 0.782. The van der Waals surface area contributed by atoms with E-state index in [1.54, 1.807) is 19.2 Å². The Labute approximate surface area is 169 Å². The lowest BCUT2D eigenvalue weighted by Crippen LogP contribution is -2.31. The highest BCUT2D eigenvalue weighted by Crippen LogP contribution is 2.30. The summed E-state index contributed by atoms with van der Waals surface area (Å²) < 4.78 is 4.99. The number of ether oxygens (including phenoxy) is 1. The van der Waals surface area contributed by atoms with Crippen LogP contribution in [0.2, 0.25) is 0 Å². The average molecular weight is 392 g/mol. The van der Waals surface area contributed by atoms with Gasteiger partial charge >= 0.3 is 0 Å². The van der Waals surface area contributed by atoms with E-state index >= 15 is 0 Å². The molecule has 29 heavy (non-hydrogen) atoms. The lowest BCUT2D eigenvalue weighted by Gasteiger charge is -2.26. The number of hydrogen-bond acceptors (Lipinski definition) is 4. The fraction of sp³-hybridized carbons (Fsp3) is 0.348. The standard InChI is InChI=1S/C23H24N2O4/c1-29-13-5-12-25-22(27)18-11-10-16(14-19(18)23(25)28)21(26)24-20-9-4-7-15-6-2-3-8-17(15)20/h2-3,6,8,10-11,14,20H,4-5,7,9,12-13H2,1H3,(H,24,26)/t20-/m0/s1. The van der Waals surface area contributed by atoms with Crippen molar-refractivity contribution in [3.63, 3.8) is 0 Å². The fourth-order valence-electron chi connectivity index (χ4n) is 4.15. The van der Waals surface area contributed by atoms with Gasteiger partial charge in [0.25, 0.3) is 17.7 Å². The summed E-state index contributed by atoms with van der Waals surface area (Å²) in [6.07, 6.45) is 3.52. The predicted octanol–water partition coefficient (Wildman–Crippen LogP) is 3.13. The summed E-state index contributed by atoms with van der Waals surface area (Å²) in [6, 6.07) is 12.9. The van der Waals surface area contributed by atoms with Crippen molar-refractivity contribution in [1.29, 1.82) is 0 Å². The first kappa shape index (κ1) is 19.3. The third-order valence-corrected chi connectivity index (χ3v) is 5.64.